The van der Waals surface area contributed by atoms with Gasteiger partial charge in [-0.15, -0.1) is 11.3 Å². The zero-order chi connectivity index (χ0) is 62.7. The first-order chi connectivity index (χ1) is 42.0. The number of likely N-dealkylation sites (tertiary alicyclic amines) is 1. The first kappa shape index (κ1) is 70.3. The number of aliphatic hydroxyl groups is 1. The van der Waals surface area contributed by atoms with Crippen molar-refractivity contribution in [1.82, 2.24) is 30.0 Å². The maximum Gasteiger partial charge on any atom is 0.243 e. The van der Waals surface area contributed by atoms with Gasteiger partial charge in [-0.3, -0.25) is 24.3 Å². The minimum Gasteiger partial charge on any atom is -0.495 e. The summed E-state index contributed by atoms with van der Waals surface area (Å²) >= 11 is 14.3. The molecule has 7 rings (SSSR count). The maximum absolute atomic E-state index is 13.7. The molecule has 21 heteroatoms. The van der Waals surface area contributed by atoms with Crippen LogP contribution in [0, 0.1) is 29.6 Å². The Kier molecular flexibility index (Phi) is 29.6. The van der Waals surface area contributed by atoms with E-state index in [0.717, 1.165) is 99.4 Å². The Morgan fingerprint density at radius 3 is 2.20 bits per heavy atom. The number of nitrogens with zero attached hydrogens (tertiary/aromatic N) is 6. The molecule has 0 radical (unpaired) electrons. The fourth-order valence-corrected chi connectivity index (χ4v) is 12.1. The Hall–Kier alpha value is -5.82. The van der Waals surface area contributed by atoms with E-state index in [1.807, 2.05) is 47.7 Å². The number of nitriles is 1. The molecule has 2 aliphatic heterocycles. The highest BCUT2D eigenvalue weighted by atomic mass is 35.5. The van der Waals surface area contributed by atoms with E-state index in [4.69, 9.17) is 51.6 Å². The van der Waals surface area contributed by atoms with Gasteiger partial charge >= 0.3 is 0 Å². The van der Waals surface area contributed by atoms with E-state index in [9.17, 15) is 24.8 Å². The first-order valence-electron chi connectivity index (χ1n) is 30.7. The van der Waals surface area contributed by atoms with E-state index in [1.165, 1.54) is 39.0 Å². The number of aliphatic hydroxyl groups excluding tert-OH is 1. The van der Waals surface area contributed by atoms with Gasteiger partial charge in [0.05, 0.1) is 102 Å². The first-order valence-corrected chi connectivity index (χ1v) is 32.4. The fraction of sp³-hybridized carbons (Fsp3) is 0.576. The highest BCUT2D eigenvalue weighted by molar-refractivity contribution is 7.13. The summed E-state index contributed by atoms with van der Waals surface area (Å²) in [6, 6.07) is 16.5. The van der Waals surface area contributed by atoms with E-state index in [0.29, 0.717) is 108 Å². The van der Waals surface area contributed by atoms with Crippen LogP contribution in [0.1, 0.15) is 128 Å². The molecule has 2 aromatic heterocycles. The average molecular weight is 1260 g/mol. The summed E-state index contributed by atoms with van der Waals surface area (Å²) in [7, 11) is 4.74. The Balaban J connectivity index is 0.000000291. The molecule has 2 aliphatic rings. The third-order valence-corrected chi connectivity index (χ3v) is 17.4. The van der Waals surface area contributed by atoms with Crippen LogP contribution in [0.2, 0.25) is 10.0 Å². The number of fused-ring (bicyclic) bond motifs is 1. The van der Waals surface area contributed by atoms with Crippen LogP contribution < -0.4 is 24.8 Å². The normalized spacial score (nSPS) is 15.6. The molecular formula is C66H92Cl2N8O10S. The second-order valence-corrected chi connectivity index (χ2v) is 24.9. The smallest absolute Gasteiger partial charge is 0.243 e. The van der Waals surface area contributed by atoms with Crippen molar-refractivity contribution in [2.45, 2.75) is 137 Å². The molecule has 3 atom stereocenters. The molecule has 476 valence electrons. The van der Waals surface area contributed by atoms with Crippen molar-refractivity contribution in [2.75, 3.05) is 106 Å². The Morgan fingerprint density at radius 1 is 0.816 bits per heavy atom. The van der Waals surface area contributed by atoms with E-state index in [-0.39, 0.29) is 42.0 Å². The lowest BCUT2D eigenvalue weighted by molar-refractivity contribution is -0.145. The second-order valence-electron chi connectivity index (χ2n) is 23.3. The highest BCUT2D eigenvalue weighted by Crippen LogP contribution is 2.41. The number of ether oxygens (including phenoxy) is 6. The lowest BCUT2D eigenvalue weighted by Gasteiger charge is -2.35. The van der Waals surface area contributed by atoms with Gasteiger partial charge in [0.15, 0.2) is 11.5 Å². The fourth-order valence-electron chi connectivity index (χ4n) is 10.8. The van der Waals surface area contributed by atoms with Gasteiger partial charge in [0.25, 0.3) is 0 Å². The molecule has 87 heavy (non-hydrogen) atoms. The summed E-state index contributed by atoms with van der Waals surface area (Å²) in [6.07, 6.45) is 13.2. The third-order valence-electron chi connectivity index (χ3n) is 15.8. The summed E-state index contributed by atoms with van der Waals surface area (Å²) in [4.78, 5) is 55.6. The zero-order valence-corrected chi connectivity index (χ0v) is 54.7. The molecule has 0 saturated carbocycles. The second kappa shape index (κ2) is 36.6. The number of pyridine rings is 1. The number of thiazole rings is 1. The number of β-amino-alcohol motifs (C(OH)–C–C–N with tert-alkyl or cyclic N) is 1. The van der Waals surface area contributed by atoms with E-state index in [1.54, 1.807) is 48.7 Å². The molecule has 0 unspecified atom stereocenters. The van der Waals surface area contributed by atoms with Crippen LogP contribution >= 0.6 is 34.5 Å². The number of halogens is 2. The number of unbranched alkanes of at least 4 members (excludes halogenated alkanes) is 7. The number of amides is 3. The van der Waals surface area contributed by atoms with Crippen LogP contribution in [0.4, 0.5) is 11.4 Å². The van der Waals surface area contributed by atoms with Gasteiger partial charge in [0.1, 0.15) is 17.9 Å². The van der Waals surface area contributed by atoms with Crippen LogP contribution in [-0.2, 0) is 35.1 Å². The minimum absolute atomic E-state index is 0.00189. The van der Waals surface area contributed by atoms with Crippen LogP contribution in [0.5, 0.6) is 17.2 Å². The number of hydrogen-bond donors (Lipinski definition) is 3. The van der Waals surface area contributed by atoms with Gasteiger partial charge in [-0.1, -0.05) is 120 Å². The van der Waals surface area contributed by atoms with Crippen molar-refractivity contribution >= 4 is 74.5 Å². The molecule has 0 aliphatic carbocycles. The van der Waals surface area contributed by atoms with Crippen molar-refractivity contribution in [3.8, 4) is 33.8 Å². The number of carbonyl (C=O) groups excluding carboxylic acids is 3. The minimum atomic E-state index is -0.670. The number of nitrogens with one attached hydrogen (secondary N) is 2. The standard InChI is InChI=1S/C36H47Cl2N5O7.C30H45N3O3S/c1-45-16-17-49-19-18-48-14-6-4-5-8-35(44)43-12-10-42(11-13-43)9-7-15-50-34-22-30-27(20-33(34)47-3)36(26(24-39)25-40-30)41-31-23-32(46-2)29(38)21-28(31)37;1-6-7-8-9-10-11-12-25(30(3,4)5)29(36)33-19-24(34)17-26(33)28(35)31-18-22-13-15-23(16-14-22)27-21(2)32-20-37-27/h20-23,25H,4-19H2,1-3H3,(H,40,41);13-16,20,24-26,34H,6-12,17-19H2,1-5H3,(H,31,35)/t;24-,25-,26+/m.1/s1. The quantitative estimate of drug-likeness (QED) is 0.0334. The van der Waals surface area contributed by atoms with E-state index in [2.05, 4.69) is 59.3 Å². The van der Waals surface area contributed by atoms with E-state index >= 15 is 0 Å². The number of carbonyl (C=O) groups is 3. The van der Waals surface area contributed by atoms with Crippen molar-refractivity contribution in [2.24, 2.45) is 11.3 Å². The number of aromatic nitrogens is 2. The number of anilines is 2. The van der Waals surface area contributed by atoms with Gasteiger partial charge < -0.3 is 54.0 Å². The number of rotatable bonds is 33. The topological polar surface area (TPSA) is 210 Å². The molecule has 2 saturated heterocycles. The average Bonchev–Trinajstić information content (AvgIpc) is 1.43. The molecule has 2 fully saturated rings. The monoisotopic (exact) mass is 1260 g/mol. The SMILES string of the molecule is CCCCCCCC[C@H](C(=O)N1C[C@H](O)C[C@H]1C(=O)NCc1ccc(-c2scnc2C)cc1)C(C)(C)C.COCCOCCOCCCCCC(=O)N1CCN(CCCOc2cc3ncc(C#N)c(Nc4cc(OC)c(Cl)cc4Cl)c3cc2OC)CC1. The molecule has 18 nitrogen and oxygen atoms in total. The van der Waals surface area contributed by atoms with Crippen LogP contribution in [0.3, 0.4) is 0 Å². The van der Waals surface area contributed by atoms with Crippen molar-refractivity contribution in [3.63, 3.8) is 0 Å². The molecule has 3 aromatic carbocycles. The van der Waals surface area contributed by atoms with Gasteiger partial charge in [-0.25, -0.2) is 4.98 Å². The number of methoxy groups -OCH3 is 3. The van der Waals surface area contributed by atoms with Gasteiger partial charge in [-0.2, -0.15) is 5.26 Å². The lowest BCUT2D eigenvalue weighted by atomic mass is 9.76. The summed E-state index contributed by atoms with van der Waals surface area (Å²) in [6.45, 7) is 18.7. The van der Waals surface area contributed by atoms with Crippen molar-refractivity contribution in [1.29, 1.82) is 5.26 Å². The van der Waals surface area contributed by atoms with Crippen LogP contribution in [-0.4, -0.2) is 160 Å². The highest BCUT2D eigenvalue weighted by Gasteiger charge is 2.43. The summed E-state index contributed by atoms with van der Waals surface area (Å²) in [5.74, 6) is 1.39. The number of benzene rings is 3. The molecular weight excluding hydrogens is 1170 g/mol. The van der Waals surface area contributed by atoms with Crippen LogP contribution in [0.15, 0.2) is 60.2 Å². The Bertz CT molecular complexity index is 2980. The van der Waals surface area contributed by atoms with Gasteiger partial charge in [-0.05, 0) is 61.3 Å². The van der Waals surface area contributed by atoms with Crippen LogP contribution in [0.25, 0.3) is 21.3 Å². The van der Waals surface area contributed by atoms with Gasteiger partial charge in [0, 0.05) is 102 Å². The number of hydrogen-bond acceptors (Lipinski definition) is 16. The summed E-state index contributed by atoms with van der Waals surface area (Å²) < 4.78 is 33.1. The largest absolute Gasteiger partial charge is 0.495 e. The number of aryl methyl sites for hydroxylation is 1. The predicted molar refractivity (Wildman–Crippen MR) is 346 cm³/mol. The molecule has 3 amide bonds. The predicted octanol–water partition coefficient (Wildman–Crippen LogP) is 12.4. The number of piperazine rings is 1. The Labute approximate surface area is 529 Å². The lowest BCUT2D eigenvalue weighted by Crippen LogP contribution is -2.49. The van der Waals surface area contributed by atoms with Gasteiger partial charge in [0.2, 0.25) is 17.7 Å². The molecule has 3 N–H and O–H groups in total. The van der Waals surface area contributed by atoms with E-state index < -0.39 is 12.1 Å². The van der Waals surface area contributed by atoms with Crippen molar-refractivity contribution in [3.05, 3.63) is 87.1 Å². The molecule has 5 aromatic rings. The molecule has 0 spiro atoms. The summed E-state index contributed by atoms with van der Waals surface area (Å²) in [5.41, 5.74) is 6.76. The summed E-state index contributed by atoms with van der Waals surface area (Å²) in [5, 5.41) is 27.9. The maximum atomic E-state index is 13.7. The zero-order valence-electron chi connectivity index (χ0n) is 52.4. The van der Waals surface area contributed by atoms with Crippen molar-refractivity contribution < 1.29 is 47.9 Å². The Morgan fingerprint density at radius 2 is 1.52 bits per heavy atom. The molecule has 0 bridgehead atoms. The third kappa shape index (κ3) is 21.7. The molecule has 4 heterocycles.